The van der Waals surface area contributed by atoms with Crippen LogP contribution in [0.4, 0.5) is 0 Å². The molecule has 26 heavy (non-hydrogen) atoms. The van der Waals surface area contributed by atoms with E-state index in [0.29, 0.717) is 6.42 Å². The average Bonchev–Trinajstić information content (AvgIpc) is 2.35. The van der Waals surface area contributed by atoms with Crippen LogP contribution in [-0.4, -0.2) is 22.9 Å². The van der Waals surface area contributed by atoms with E-state index in [1.54, 1.807) is 0 Å². The topological polar surface area (TPSA) is 36.9 Å². The van der Waals surface area contributed by atoms with Crippen LogP contribution in [0, 0.1) is 22.7 Å². The minimum absolute atomic E-state index is 0.0964. The number of rotatable bonds is 5. The summed E-state index contributed by atoms with van der Waals surface area (Å²) in [7, 11) is 0. The van der Waals surface area contributed by atoms with Crippen molar-refractivity contribution in [3.63, 3.8) is 0 Å². The third kappa shape index (κ3) is 9.92. The molecule has 4 heteroatoms. The van der Waals surface area contributed by atoms with Crippen molar-refractivity contribution in [2.75, 3.05) is 0 Å². The Morgan fingerprint density at radius 2 is 1.12 bits per heavy atom. The van der Waals surface area contributed by atoms with Crippen LogP contribution in [-0.2, 0) is 19.6 Å². The van der Waals surface area contributed by atoms with Crippen molar-refractivity contribution < 1.29 is 19.6 Å². The Morgan fingerprint density at radius 3 is 1.46 bits per heavy atom. The summed E-state index contributed by atoms with van der Waals surface area (Å²) in [6.07, 6.45) is 0.395. The molecular weight excluding hydrogens is 328 g/mol. The van der Waals surface area contributed by atoms with Crippen molar-refractivity contribution >= 4 is 0 Å². The zero-order valence-corrected chi connectivity index (χ0v) is 19.4. The summed E-state index contributed by atoms with van der Waals surface area (Å²) in [6, 6.07) is 0. The smallest absolute Gasteiger partial charge is 0.165 e. The van der Waals surface area contributed by atoms with Gasteiger partial charge < -0.3 is 0 Å². The lowest BCUT2D eigenvalue weighted by atomic mass is 9.78. The molecule has 0 saturated carbocycles. The van der Waals surface area contributed by atoms with E-state index < -0.39 is 11.2 Å². The lowest BCUT2D eigenvalue weighted by molar-refractivity contribution is -0.402. The molecule has 0 fully saturated rings. The van der Waals surface area contributed by atoms with Crippen molar-refractivity contribution in [1.82, 2.24) is 0 Å². The van der Waals surface area contributed by atoms with Gasteiger partial charge in [0, 0.05) is 11.8 Å². The molecule has 0 aromatic rings. The van der Waals surface area contributed by atoms with Crippen molar-refractivity contribution in [2.45, 2.75) is 119 Å². The molecule has 0 aromatic heterocycles. The Balaban J connectivity index is 5.31. The highest BCUT2D eigenvalue weighted by Crippen LogP contribution is 2.35. The molecule has 0 amide bonds. The van der Waals surface area contributed by atoms with Gasteiger partial charge in [-0.1, -0.05) is 53.4 Å². The Morgan fingerprint density at radius 1 is 0.654 bits per heavy atom. The maximum atomic E-state index is 5.79. The molecule has 0 spiro atoms. The molecule has 4 nitrogen and oxygen atoms in total. The van der Waals surface area contributed by atoms with Crippen molar-refractivity contribution in [3.05, 3.63) is 0 Å². The third-order valence-corrected chi connectivity index (χ3v) is 3.88. The minimum atomic E-state index is -0.742. The Hall–Kier alpha value is -0.600. The molecule has 0 rings (SSSR count). The van der Waals surface area contributed by atoms with Gasteiger partial charge in [-0.15, -0.1) is 0 Å². The van der Waals surface area contributed by atoms with Gasteiger partial charge in [-0.3, -0.25) is 0 Å². The number of hydrogen-bond acceptors (Lipinski definition) is 4. The normalized spacial score (nSPS) is 17.3. The molecule has 2 unspecified atom stereocenters. The predicted molar refractivity (Wildman–Crippen MR) is 107 cm³/mol. The van der Waals surface area contributed by atoms with Crippen LogP contribution < -0.4 is 0 Å². The number of hydrogen-bond donors (Lipinski definition) is 0. The fourth-order valence-electron chi connectivity index (χ4n) is 1.54. The first kappa shape index (κ1) is 25.4. The zero-order chi connectivity index (χ0) is 21.0. The fourth-order valence-corrected chi connectivity index (χ4v) is 1.54. The van der Waals surface area contributed by atoms with E-state index in [1.165, 1.54) is 0 Å². The van der Waals surface area contributed by atoms with Gasteiger partial charge in [0.2, 0.25) is 0 Å². The summed E-state index contributed by atoms with van der Waals surface area (Å²) in [5.41, 5.74) is -1.81. The first-order valence-electron chi connectivity index (χ1n) is 9.48. The van der Waals surface area contributed by atoms with Gasteiger partial charge in [-0.2, -0.15) is 0 Å². The molecule has 0 aliphatic rings. The summed E-state index contributed by atoms with van der Waals surface area (Å²) in [4.78, 5) is 22.6. The summed E-state index contributed by atoms with van der Waals surface area (Å²) in [6.45, 7) is 26.4. The van der Waals surface area contributed by atoms with Gasteiger partial charge in [-0.05, 0) is 53.9 Å². The monoisotopic (exact) mass is 370 g/mol. The zero-order valence-electron chi connectivity index (χ0n) is 19.4. The molecule has 0 radical (unpaired) electrons. The highest BCUT2D eigenvalue weighted by Gasteiger charge is 2.40. The van der Waals surface area contributed by atoms with E-state index in [0.717, 1.165) is 0 Å². The van der Waals surface area contributed by atoms with Crippen LogP contribution in [0.15, 0.2) is 0 Å². The molecule has 0 aromatic carbocycles. The van der Waals surface area contributed by atoms with Crippen LogP contribution in [0.1, 0.15) is 96.4 Å². The second-order valence-electron chi connectivity index (χ2n) is 11.2. The second kappa shape index (κ2) is 8.61. The van der Waals surface area contributed by atoms with E-state index in [4.69, 9.17) is 19.6 Å². The molecule has 0 heterocycles. The second-order valence-corrected chi connectivity index (χ2v) is 11.2. The van der Waals surface area contributed by atoms with Gasteiger partial charge in [-0.25, -0.2) is 19.6 Å². The lowest BCUT2D eigenvalue weighted by Gasteiger charge is -2.37. The molecule has 0 aliphatic carbocycles. The average molecular weight is 371 g/mol. The van der Waals surface area contributed by atoms with E-state index in [2.05, 4.69) is 53.4 Å². The van der Waals surface area contributed by atoms with Gasteiger partial charge in [0.25, 0.3) is 0 Å². The van der Waals surface area contributed by atoms with Crippen LogP contribution in [0.5, 0.6) is 0 Å². The van der Waals surface area contributed by atoms with Gasteiger partial charge in [0.05, 0.1) is 11.2 Å². The summed E-state index contributed by atoms with van der Waals surface area (Å²) >= 11 is 0. The van der Waals surface area contributed by atoms with Crippen molar-refractivity contribution in [3.8, 4) is 11.8 Å². The molecule has 154 valence electrons. The quantitative estimate of drug-likeness (QED) is 0.333. The highest BCUT2D eigenvalue weighted by molar-refractivity contribution is 5.17. The third-order valence-electron chi connectivity index (χ3n) is 3.88. The molecule has 0 bridgehead atoms. The van der Waals surface area contributed by atoms with Gasteiger partial charge in [0.15, 0.2) is 5.60 Å². The first-order valence-corrected chi connectivity index (χ1v) is 9.48. The van der Waals surface area contributed by atoms with E-state index in [-0.39, 0.29) is 22.5 Å². The largest absolute Gasteiger partial charge is 0.231 e. The molecule has 0 saturated heterocycles. The fraction of sp³-hybridized carbons (Fsp3) is 0.909. The summed E-state index contributed by atoms with van der Waals surface area (Å²) in [5, 5.41) is 0. The maximum Gasteiger partial charge on any atom is 0.165 e. The Kier molecular flexibility index (Phi) is 8.41. The maximum absolute atomic E-state index is 5.79. The van der Waals surface area contributed by atoms with Crippen LogP contribution >= 0.6 is 0 Å². The van der Waals surface area contributed by atoms with Crippen LogP contribution in [0.25, 0.3) is 0 Å². The molecular formula is C22H42O4. The lowest BCUT2D eigenvalue weighted by Crippen LogP contribution is -2.43. The summed E-state index contributed by atoms with van der Waals surface area (Å²) in [5.74, 6) is 6.53. The van der Waals surface area contributed by atoms with E-state index in [9.17, 15) is 0 Å². The Labute approximate surface area is 162 Å². The van der Waals surface area contributed by atoms with Crippen LogP contribution in [0.3, 0.4) is 0 Å². The molecule has 2 atom stereocenters. The molecule has 0 N–H and O–H groups in total. The standard InChI is InChI=1S/C22H42O4/c1-18(2,3)17(23-24-20(7,8)9)15-14-16-22(13,19(4,5)6)26-25-21(10,11)12/h17H,15H2,1-13H3. The van der Waals surface area contributed by atoms with Crippen LogP contribution in [0.2, 0.25) is 0 Å². The Bertz CT molecular complexity index is 486. The first-order chi connectivity index (χ1) is 11.3. The minimum Gasteiger partial charge on any atom is -0.231 e. The highest BCUT2D eigenvalue weighted by atomic mass is 17.2. The predicted octanol–water partition coefficient (Wildman–Crippen LogP) is 6.09. The SMILES string of the molecule is CC(C)(C)OOC(CC#CC(C)(OOC(C)(C)C)C(C)(C)C)C(C)(C)C. The summed E-state index contributed by atoms with van der Waals surface area (Å²) < 4.78 is 0. The van der Waals surface area contributed by atoms with Gasteiger partial charge >= 0.3 is 0 Å². The van der Waals surface area contributed by atoms with Crippen molar-refractivity contribution in [2.24, 2.45) is 10.8 Å². The van der Waals surface area contributed by atoms with Crippen molar-refractivity contribution in [1.29, 1.82) is 0 Å². The van der Waals surface area contributed by atoms with Gasteiger partial charge in [0.1, 0.15) is 6.10 Å². The van der Waals surface area contributed by atoms with E-state index >= 15 is 0 Å². The molecule has 0 aliphatic heterocycles. The van der Waals surface area contributed by atoms with E-state index in [1.807, 2.05) is 48.5 Å².